The van der Waals surface area contributed by atoms with Gasteiger partial charge in [-0.3, -0.25) is 9.59 Å². The number of hydrogen-bond acceptors (Lipinski definition) is 5. The van der Waals surface area contributed by atoms with Gasteiger partial charge in [0.25, 0.3) is 5.91 Å². The van der Waals surface area contributed by atoms with Gasteiger partial charge in [-0.2, -0.15) is 0 Å². The normalized spacial score (nSPS) is 22.3. The molecule has 0 spiro atoms. The Labute approximate surface area is 160 Å². The highest BCUT2D eigenvalue weighted by molar-refractivity contribution is 7.91. The summed E-state index contributed by atoms with van der Waals surface area (Å²) in [7, 11) is -3.06. The van der Waals surface area contributed by atoms with E-state index < -0.39 is 9.84 Å². The summed E-state index contributed by atoms with van der Waals surface area (Å²) >= 11 is 0. The molecule has 1 saturated heterocycles. The molecule has 2 fully saturated rings. The number of benzene rings is 1. The Kier molecular flexibility index (Phi) is 6.19. The monoisotopic (exact) mass is 393 g/mol. The van der Waals surface area contributed by atoms with Gasteiger partial charge in [-0.1, -0.05) is 19.3 Å². The molecule has 2 aliphatic rings. The molecule has 1 aliphatic heterocycles. The Hall–Kier alpha value is -1.89. The first kappa shape index (κ1) is 19.9. The second-order valence-corrected chi connectivity index (χ2v) is 9.75. The number of carbonyl (C=O) groups excluding carboxylic acids is 2. The Bertz CT molecular complexity index is 781. The molecule has 0 bridgehead atoms. The largest absolute Gasteiger partial charge is 0.484 e. The third kappa shape index (κ3) is 5.09. The van der Waals surface area contributed by atoms with Crippen molar-refractivity contribution >= 4 is 21.5 Å². The topological polar surface area (TPSA) is 80.8 Å². The van der Waals surface area contributed by atoms with E-state index in [2.05, 4.69) is 0 Å². The summed E-state index contributed by atoms with van der Waals surface area (Å²) in [6.45, 7) is 1.38. The highest BCUT2D eigenvalue weighted by Crippen LogP contribution is 2.28. The lowest BCUT2D eigenvalue weighted by Crippen LogP contribution is -2.50. The van der Waals surface area contributed by atoms with Crippen molar-refractivity contribution < 1.29 is 22.7 Å². The summed E-state index contributed by atoms with van der Waals surface area (Å²) in [5, 5.41) is 0. The van der Waals surface area contributed by atoms with Crippen LogP contribution in [0.3, 0.4) is 0 Å². The van der Waals surface area contributed by atoms with E-state index in [9.17, 15) is 18.0 Å². The van der Waals surface area contributed by atoms with Crippen LogP contribution in [-0.4, -0.2) is 55.2 Å². The number of nitrogens with zero attached hydrogens (tertiary/aromatic N) is 1. The van der Waals surface area contributed by atoms with Crippen LogP contribution in [-0.2, 0) is 14.6 Å². The molecule has 7 heteroatoms. The van der Waals surface area contributed by atoms with Crippen molar-refractivity contribution in [2.45, 2.75) is 57.5 Å². The van der Waals surface area contributed by atoms with Crippen LogP contribution in [0.5, 0.6) is 5.75 Å². The van der Waals surface area contributed by atoms with Crippen molar-refractivity contribution in [3.8, 4) is 5.75 Å². The number of ether oxygens (including phenoxy) is 1. The van der Waals surface area contributed by atoms with Gasteiger partial charge in [-0.15, -0.1) is 0 Å². The van der Waals surface area contributed by atoms with E-state index in [1.54, 1.807) is 29.2 Å². The van der Waals surface area contributed by atoms with Crippen LogP contribution in [0.15, 0.2) is 24.3 Å². The number of carbonyl (C=O) groups is 2. The molecule has 6 nitrogen and oxygen atoms in total. The van der Waals surface area contributed by atoms with Crippen LogP contribution in [0.2, 0.25) is 0 Å². The van der Waals surface area contributed by atoms with Crippen LogP contribution >= 0.6 is 0 Å². The minimum atomic E-state index is -3.06. The van der Waals surface area contributed by atoms with Crippen molar-refractivity contribution in [1.82, 2.24) is 4.90 Å². The van der Waals surface area contributed by atoms with Gasteiger partial charge < -0.3 is 9.64 Å². The minimum Gasteiger partial charge on any atom is -0.484 e. The minimum absolute atomic E-state index is 0.0245. The van der Waals surface area contributed by atoms with Crippen LogP contribution in [0, 0.1) is 0 Å². The molecule has 1 aromatic carbocycles. The third-order valence-corrected chi connectivity index (χ3v) is 7.23. The van der Waals surface area contributed by atoms with Crippen LogP contribution in [0.1, 0.15) is 55.8 Å². The van der Waals surface area contributed by atoms with Crippen molar-refractivity contribution in [3.63, 3.8) is 0 Å². The lowest BCUT2D eigenvalue weighted by molar-refractivity contribution is -0.138. The second-order valence-electron chi connectivity index (χ2n) is 7.52. The zero-order valence-electron chi connectivity index (χ0n) is 15.7. The summed E-state index contributed by atoms with van der Waals surface area (Å²) in [5.41, 5.74) is 0.591. The van der Waals surface area contributed by atoms with E-state index in [-0.39, 0.29) is 41.9 Å². The van der Waals surface area contributed by atoms with E-state index in [0.29, 0.717) is 17.7 Å². The molecule has 0 unspecified atom stereocenters. The molecule has 3 rings (SSSR count). The van der Waals surface area contributed by atoms with E-state index >= 15 is 0 Å². The first-order valence-electron chi connectivity index (χ1n) is 9.61. The quantitative estimate of drug-likeness (QED) is 0.694. The molecule has 1 saturated carbocycles. The summed E-state index contributed by atoms with van der Waals surface area (Å²) in [4.78, 5) is 26.1. The SMILES string of the molecule is CC(=O)c1ccc(OCC(=O)N(C2CCCCC2)[C@@H]2CCS(=O)(=O)C2)cc1. The lowest BCUT2D eigenvalue weighted by Gasteiger charge is -2.38. The Morgan fingerprint density at radius 3 is 2.26 bits per heavy atom. The van der Waals surface area contributed by atoms with Gasteiger partial charge in [0, 0.05) is 17.6 Å². The highest BCUT2D eigenvalue weighted by atomic mass is 32.2. The summed E-state index contributed by atoms with van der Waals surface area (Å²) < 4.78 is 29.5. The standard InChI is InChI=1S/C20H27NO5S/c1-15(22)16-7-9-19(10-8-16)26-13-20(23)21(17-5-3-2-4-6-17)18-11-12-27(24,25)14-18/h7-10,17-18H,2-6,11-14H2,1H3/t18-/m1/s1. The van der Waals surface area contributed by atoms with Crippen LogP contribution < -0.4 is 4.74 Å². The van der Waals surface area contributed by atoms with E-state index in [0.717, 1.165) is 25.7 Å². The molecule has 1 heterocycles. The van der Waals surface area contributed by atoms with Crippen molar-refractivity contribution in [3.05, 3.63) is 29.8 Å². The smallest absolute Gasteiger partial charge is 0.261 e. The first-order chi connectivity index (χ1) is 12.9. The lowest BCUT2D eigenvalue weighted by atomic mass is 9.93. The fraction of sp³-hybridized carbons (Fsp3) is 0.600. The van der Waals surface area contributed by atoms with Crippen molar-refractivity contribution in [2.24, 2.45) is 0 Å². The number of ketones is 1. The average Bonchev–Trinajstić information content (AvgIpc) is 3.00. The van der Waals surface area contributed by atoms with Gasteiger partial charge in [0.2, 0.25) is 0 Å². The highest BCUT2D eigenvalue weighted by Gasteiger charge is 2.38. The molecular weight excluding hydrogens is 366 g/mol. The van der Waals surface area contributed by atoms with Crippen molar-refractivity contribution in [1.29, 1.82) is 0 Å². The second kappa shape index (κ2) is 8.42. The van der Waals surface area contributed by atoms with Gasteiger partial charge in [-0.25, -0.2) is 8.42 Å². The molecule has 1 amide bonds. The van der Waals surface area contributed by atoms with E-state index in [1.165, 1.54) is 13.3 Å². The van der Waals surface area contributed by atoms with Gasteiger partial charge in [0.05, 0.1) is 11.5 Å². The van der Waals surface area contributed by atoms with E-state index in [1.807, 2.05) is 0 Å². The van der Waals surface area contributed by atoms with Gasteiger partial charge in [0.15, 0.2) is 22.2 Å². The molecule has 1 atom stereocenters. The van der Waals surface area contributed by atoms with E-state index in [4.69, 9.17) is 4.74 Å². The van der Waals surface area contributed by atoms with Crippen molar-refractivity contribution in [2.75, 3.05) is 18.1 Å². The molecule has 0 radical (unpaired) electrons. The summed E-state index contributed by atoms with van der Waals surface area (Å²) in [5.74, 6) is 0.559. The Balaban J connectivity index is 1.67. The maximum absolute atomic E-state index is 12.9. The number of amides is 1. The number of sulfone groups is 1. The zero-order chi connectivity index (χ0) is 19.4. The number of Topliss-reactive ketones (excluding diaryl/α,β-unsaturated/α-hetero) is 1. The Morgan fingerprint density at radius 1 is 1.04 bits per heavy atom. The zero-order valence-corrected chi connectivity index (χ0v) is 16.5. The Morgan fingerprint density at radius 2 is 1.70 bits per heavy atom. The molecule has 0 N–H and O–H groups in total. The fourth-order valence-electron chi connectivity index (χ4n) is 4.06. The molecule has 1 aliphatic carbocycles. The van der Waals surface area contributed by atoms with Gasteiger partial charge in [0.1, 0.15) is 5.75 Å². The molecule has 0 aromatic heterocycles. The molecular formula is C20H27NO5S. The molecule has 1 aromatic rings. The van der Waals surface area contributed by atoms with Crippen LogP contribution in [0.25, 0.3) is 0 Å². The predicted molar refractivity (Wildman–Crippen MR) is 103 cm³/mol. The molecule has 148 valence electrons. The number of hydrogen-bond donors (Lipinski definition) is 0. The maximum atomic E-state index is 12.9. The van der Waals surface area contributed by atoms with Gasteiger partial charge in [-0.05, 0) is 50.5 Å². The first-order valence-corrected chi connectivity index (χ1v) is 11.4. The summed E-state index contributed by atoms with van der Waals surface area (Å²) in [6.07, 6.45) is 5.67. The summed E-state index contributed by atoms with van der Waals surface area (Å²) in [6, 6.07) is 6.56. The average molecular weight is 394 g/mol. The fourth-order valence-corrected chi connectivity index (χ4v) is 5.78. The van der Waals surface area contributed by atoms with Gasteiger partial charge >= 0.3 is 0 Å². The number of rotatable bonds is 6. The predicted octanol–water partition coefficient (Wildman–Crippen LogP) is 2.62. The maximum Gasteiger partial charge on any atom is 0.261 e. The van der Waals surface area contributed by atoms with Crippen LogP contribution in [0.4, 0.5) is 0 Å². The third-order valence-electron chi connectivity index (χ3n) is 5.48. The molecule has 27 heavy (non-hydrogen) atoms.